The number of hydrogen-bond donors (Lipinski definition) is 3. The number of aliphatic hydroxyl groups excluding tert-OH is 1. The Morgan fingerprint density at radius 2 is 1.73 bits per heavy atom. The van der Waals surface area contributed by atoms with Crippen LogP contribution in [0.5, 0.6) is 0 Å². The van der Waals surface area contributed by atoms with E-state index < -0.39 is 0 Å². The van der Waals surface area contributed by atoms with Gasteiger partial charge in [-0.1, -0.05) is 24.4 Å². The highest BCUT2D eigenvalue weighted by Gasteiger charge is 2.16. The lowest BCUT2D eigenvalue weighted by atomic mass is 9.97. The van der Waals surface area contributed by atoms with Crippen LogP contribution in [0, 0.1) is 32.2 Å². The Morgan fingerprint density at radius 3 is 2.18 bits per heavy atom. The Hall–Kier alpha value is -3.07. The first-order chi connectivity index (χ1) is 10.6. The minimum atomic E-state index is 0.101. The average Bonchev–Trinajstić information content (AvgIpc) is 2.56. The van der Waals surface area contributed by atoms with Crippen molar-refractivity contribution in [2.45, 2.75) is 0 Å². The number of nitrogen functional groups attached to an aromatic ring is 1. The zero-order valence-electron chi connectivity index (χ0n) is 11.5. The maximum Gasteiger partial charge on any atom is 0.123 e. The van der Waals surface area contributed by atoms with Crippen molar-refractivity contribution < 1.29 is 5.11 Å². The number of nitrogens with zero attached hydrogens (tertiary/aromatic N) is 3. The maximum absolute atomic E-state index is 10.4. The van der Waals surface area contributed by atoms with Gasteiger partial charge in [-0.05, 0) is 22.9 Å². The summed E-state index contributed by atoms with van der Waals surface area (Å²) in [5.74, 6) is 0.101. The first-order valence-corrected chi connectivity index (χ1v) is 6.27. The number of nitriles is 2. The predicted octanol–water partition coefficient (Wildman–Crippen LogP) is 2.74. The fraction of sp³-hybridized carbons (Fsp3) is 0.0714. The van der Waals surface area contributed by atoms with E-state index >= 15 is 0 Å². The molecular formula is C14H11N5O2S. The highest BCUT2D eigenvalue weighted by Crippen LogP contribution is 2.31. The van der Waals surface area contributed by atoms with Gasteiger partial charge in [0.1, 0.15) is 33.8 Å². The third kappa shape index (κ3) is 3.15. The summed E-state index contributed by atoms with van der Waals surface area (Å²) in [5, 5.41) is 28.2. The Morgan fingerprint density at radius 1 is 1.18 bits per heavy atom. The predicted molar refractivity (Wildman–Crippen MR) is 84.5 cm³/mol. The Bertz CT molecular complexity index is 829. The first kappa shape index (κ1) is 17.0. The van der Waals surface area contributed by atoms with Crippen molar-refractivity contribution in [3.63, 3.8) is 0 Å². The third-order valence-electron chi connectivity index (χ3n) is 2.73. The lowest BCUT2D eigenvalue weighted by molar-refractivity contribution is 0.399. The molecule has 8 heteroatoms. The van der Waals surface area contributed by atoms with Crippen LogP contribution in [0.1, 0.15) is 11.1 Å². The molecular weight excluding hydrogens is 302 g/mol. The normalized spacial score (nSPS) is 8.91. The summed E-state index contributed by atoms with van der Waals surface area (Å²) in [5.41, 5.74) is 7.20. The molecule has 7 nitrogen and oxygen atoms in total. The highest BCUT2D eigenvalue weighted by molar-refractivity contribution is 7.71. The standard InChI is InChI=1S/C13H7N5OS.CH4O/c14-5-9-11(7-1-3-8(18-19)4-2-7)10(6-15)13(20)17-12(9)16;1-2/h1-4H,(H3,16,17,20);2H,1H3. The molecule has 0 atom stereocenters. The molecule has 0 amide bonds. The third-order valence-corrected chi connectivity index (χ3v) is 3.04. The van der Waals surface area contributed by atoms with Crippen LogP contribution in [0.2, 0.25) is 0 Å². The minimum Gasteiger partial charge on any atom is -0.400 e. The van der Waals surface area contributed by atoms with Gasteiger partial charge in [0.15, 0.2) is 0 Å². The number of aromatic amines is 1. The summed E-state index contributed by atoms with van der Waals surface area (Å²) < 4.78 is 0.164. The van der Waals surface area contributed by atoms with Crippen molar-refractivity contribution in [1.29, 1.82) is 10.5 Å². The number of rotatable bonds is 2. The quantitative estimate of drug-likeness (QED) is 0.575. The van der Waals surface area contributed by atoms with Crippen LogP contribution in [-0.2, 0) is 0 Å². The largest absolute Gasteiger partial charge is 0.400 e. The molecule has 0 unspecified atom stereocenters. The van der Waals surface area contributed by atoms with E-state index in [0.29, 0.717) is 11.1 Å². The molecule has 0 fully saturated rings. The number of H-pyrrole nitrogens is 1. The molecule has 0 bridgehead atoms. The topological polar surface area (TPSA) is 139 Å². The Labute approximate surface area is 131 Å². The summed E-state index contributed by atoms with van der Waals surface area (Å²) >= 11 is 5.05. The van der Waals surface area contributed by atoms with E-state index in [2.05, 4.69) is 10.2 Å². The van der Waals surface area contributed by atoms with Crippen LogP contribution >= 0.6 is 12.2 Å². The van der Waals surface area contributed by atoms with Gasteiger partial charge in [0.25, 0.3) is 0 Å². The monoisotopic (exact) mass is 313 g/mol. The molecule has 22 heavy (non-hydrogen) atoms. The molecule has 0 radical (unpaired) electrons. The fourth-order valence-electron chi connectivity index (χ4n) is 1.82. The van der Waals surface area contributed by atoms with Gasteiger partial charge in [-0.2, -0.15) is 10.5 Å². The molecule has 0 saturated heterocycles. The van der Waals surface area contributed by atoms with Crippen LogP contribution in [0.15, 0.2) is 29.4 Å². The summed E-state index contributed by atoms with van der Waals surface area (Å²) in [6.45, 7) is 0. The van der Waals surface area contributed by atoms with Gasteiger partial charge in [-0.15, -0.1) is 4.91 Å². The van der Waals surface area contributed by atoms with E-state index in [-0.39, 0.29) is 27.3 Å². The summed E-state index contributed by atoms with van der Waals surface area (Å²) in [7, 11) is 1.00. The van der Waals surface area contributed by atoms with Crippen molar-refractivity contribution in [2.24, 2.45) is 5.18 Å². The number of pyridine rings is 1. The zero-order chi connectivity index (χ0) is 16.7. The number of benzene rings is 1. The number of anilines is 1. The van der Waals surface area contributed by atoms with Gasteiger partial charge in [-0.25, -0.2) is 0 Å². The molecule has 4 N–H and O–H groups in total. The Balaban J connectivity index is 0.00000116. The fourth-order valence-corrected chi connectivity index (χ4v) is 2.08. The van der Waals surface area contributed by atoms with Crippen LogP contribution < -0.4 is 5.73 Å². The molecule has 110 valence electrons. The minimum absolute atomic E-state index is 0.101. The summed E-state index contributed by atoms with van der Waals surface area (Å²) in [6, 6.07) is 10.1. The van der Waals surface area contributed by atoms with E-state index in [9.17, 15) is 15.4 Å². The SMILES string of the molecule is CO.N#Cc1c(N)[nH]c(=S)c(C#N)c1-c1ccc(N=O)cc1. The van der Waals surface area contributed by atoms with Crippen LogP contribution in [0.3, 0.4) is 0 Å². The lowest BCUT2D eigenvalue weighted by Crippen LogP contribution is -2.01. The Kier molecular flexibility index (Phi) is 5.90. The van der Waals surface area contributed by atoms with Crippen molar-refractivity contribution in [3.05, 3.63) is 44.9 Å². The molecule has 0 spiro atoms. The summed E-state index contributed by atoms with van der Waals surface area (Å²) in [6.07, 6.45) is 0. The molecule has 0 aliphatic heterocycles. The van der Waals surface area contributed by atoms with E-state index in [4.69, 9.17) is 23.1 Å². The smallest absolute Gasteiger partial charge is 0.123 e. The van der Waals surface area contributed by atoms with Gasteiger partial charge in [0.2, 0.25) is 0 Å². The second kappa shape index (κ2) is 7.64. The highest BCUT2D eigenvalue weighted by atomic mass is 32.1. The number of aliphatic hydroxyl groups is 1. The van der Waals surface area contributed by atoms with Gasteiger partial charge in [-0.3, -0.25) is 0 Å². The van der Waals surface area contributed by atoms with Crippen molar-refractivity contribution in [1.82, 2.24) is 4.98 Å². The van der Waals surface area contributed by atoms with Crippen LogP contribution in [-0.4, -0.2) is 17.2 Å². The van der Waals surface area contributed by atoms with E-state index in [1.54, 1.807) is 12.1 Å². The maximum atomic E-state index is 10.4. The number of nitrogens with one attached hydrogen (secondary N) is 1. The van der Waals surface area contributed by atoms with Crippen LogP contribution in [0.4, 0.5) is 11.5 Å². The van der Waals surface area contributed by atoms with Crippen molar-refractivity contribution >= 4 is 23.7 Å². The number of nitrogens with two attached hydrogens (primary N) is 1. The van der Waals surface area contributed by atoms with Gasteiger partial charge in [0, 0.05) is 12.7 Å². The number of aromatic nitrogens is 1. The van der Waals surface area contributed by atoms with E-state index in [1.807, 2.05) is 12.1 Å². The molecule has 0 aliphatic rings. The molecule has 1 heterocycles. The van der Waals surface area contributed by atoms with Gasteiger partial charge in [0.05, 0.1) is 5.56 Å². The molecule has 0 saturated carbocycles. The van der Waals surface area contributed by atoms with Crippen molar-refractivity contribution in [3.8, 4) is 23.3 Å². The second-order valence-electron chi connectivity index (χ2n) is 3.85. The number of hydrogen-bond acceptors (Lipinski definition) is 7. The molecule has 2 rings (SSSR count). The van der Waals surface area contributed by atoms with Crippen LogP contribution in [0.25, 0.3) is 11.1 Å². The molecule has 1 aromatic heterocycles. The van der Waals surface area contributed by atoms with Crippen molar-refractivity contribution in [2.75, 3.05) is 12.8 Å². The molecule has 2 aromatic rings. The van der Waals surface area contributed by atoms with Gasteiger partial charge >= 0.3 is 0 Å². The molecule has 1 aromatic carbocycles. The number of nitroso groups, excluding NO2 is 1. The average molecular weight is 313 g/mol. The first-order valence-electron chi connectivity index (χ1n) is 5.86. The van der Waals surface area contributed by atoms with Gasteiger partial charge < -0.3 is 15.8 Å². The summed E-state index contributed by atoms with van der Waals surface area (Å²) in [4.78, 5) is 13.0. The zero-order valence-corrected chi connectivity index (χ0v) is 12.3. The second-order valence-corrected chi connectivity index (χ2v) is 4.26. The lowest BCUT2D eigenvalue weighted by Gasteiger charge is -2.09. The molecule has 0 aliphatic carbocycles. The van der Waals surface area contributed by atoms with E-state index in [1.165, 1.54) is 12.1 Å². The van der Waals surface area contributed by atoms with E-state index in [0.717, 1.165) is 7.11 Å².